The van der Waals surface area contributed by atoms with Gasteiger partial charge in [0, 0.05) is 0 Å². The van der Waals surface area contributed by atoms with Crippen molar-refractivity contribution < 1.29 is 37.8 Å². The molecule has 0 unspecified atom stereocenters. The summed E-state index contributed by atoms with van der Waals surface area (Å²) in [4.78, 5) is 42.5. The molecular formula is FO7P2-5. The topological polar surface area (TPSA) is 149 Å². The number of phosphoric acid groups is 1. The largest absolute Gasteiger partial charge is 0.822 e. The Balaban J connectivity index is 0. The van der Waals surface area contributed by atoms with Gasteiger partial charge in [0.15, 0.2) is 0 Å². The summed E-state index contributed by atoms with van der Waals surface area (Å²) in [5.74, 6) is 0. The molecule has 0 amide bonds. The summed E-state index contributed by atoms with van der Waals surface area (Å²) in [6, 6.07) is 0. The van der Waals surface area contributed by atoms with Gasteiger partial charge < -0.3 is 33.6 Å². The van der Waals surface area contributed by atoms with Crippen LogP contribution in [0.1, 0.15) is 0 Å². The smallest absolute Gasteiger partial charge is 0.110 e. The second kappa shape index (κ2) is 4.15. The molecule has 7 nitrogen and oxygen atoms in total. The van der Waals surface area contributed by atoms with Gasteiger partial charge in [0.25, 0.3) is 0 Å². The van der Waals surface area contributed by atoms with Crippen LogP contribution in [0.5, 0.6) is 0 Å². The van der Waals surface area contributed by atoms with Gasteiger partial charge in [-0.25, -0.2) is 4.20 Å². The van der Waals surface area contributed by atoms with Crippen LogP contribution in [0.2, 0.25) is 0 Å². The number of hydrogen-bond donors (Lipinski definition) is 0. The highest BCUT2D eigenvalue weighted by molar-refractivity contribution is 7.42. The van der Waals surface area contributed by atoms with Gasteiger partial charge in [-0.2, -0.15) is 7.82 Å². The zero-order valence-electron chi connectivity index (χ0n) is 4.13. The SMILES string of the molecule is O=P([O-])([O-])F.O=P([O-])([O-])[O-]. The third kappa shape index (κ3) is 11700. The molecule has 0 aliphatic carbocycles. The maximum absolute atomic E-state index is 10.1. The lowest BCUT2D eigenvalue weighted by Gasteiger charge is -2.36. The summed E-state index contributed by atoms with van der Waals surface area (Å²) in [5.41, 5.74) is 0. The Hall–Kier alpha value is 0.190. The summed E-state index contributed by atoms with van der Waals surface area (Å²) >= 11 is 0. The molecule has 10 heteroatoms. The highest BCUT2D eigenvalue weighted by atomic mass is 31.2. The fraction of sp³-hybridized carbons (Fsp3) is 0. The molecule has 0 atom stereocenters. The molecule has 0 aromatic rings. The Morgan fingerprint density at radius 2 is 0.900 bits per heavy atom. The molecule has 0 saturated heterocycles. The lowest BCUT2D eigenvalue weighted by atomic mass is 15.8. The van der Waals surface area contributed by atoms with Gasteiger partial charge in [0.05, 0.1) is 0 Å². The van der Waals surface area contributed by atoms with Gasteiger partial charge in [-0.05, 0) is 0 Å². The Bertz CT molecular complexity index is 124. The van der Waals surface area contributed by atoms with E-state index in [2.05, 4.69) is 0 Å². The van der Waals surface area contributed by atoms with Gasteiger partial charge in [-0.15, -0.1) is 0 Å². The average Bonchev–Trinajstić information content (AvgIpc) is 1.12. The Morgan fingerprint density at radius 1 is 0.900 bits per heavy atom. The molecule has 0 heterocycles. The molecule has 0 aromatic heterocycles. The Kier molecular flexibility index (Phi) is 5.32. The van der Waals surface area contributed by atoms with E-state index in [0.717, 1.165) is 0 Å². The molecule has 0 saturated carbocycles. The van der Waals surface area contributed by atoms with E-state index < -0.39 is 15.7 Å². The minimum absolute atomic E-state index is 5.39. The molecule has 0 aromatic carbocycles. The fourth-order valence-electron chi connectivity index (χ4n) is 0. The van der Waals surface area contributed by atoms with Crippen molar-refractivity contribution in [3.8, 4) is 0 Å². The van der Waals surface area contributed by atoms with Crippen molar-refractivity contribution in [1.29, 1.82) is 0 Å². The van der Waals surface area contributed by atoms with E-state index in [4.69, 9.17) is 33.6 Å². The van der Waals surface area contributed by atoms with E-state index in [1.54, 1.807) is 0 Å². The first-order valence-corrected chi connectivity index (χ1v) is 4.34. The second-order valence-electron chi connectivity index (χ2n) is 0.878. The maximum atomic E-state index is 10.1. The molecular weight excluding hydrogens is 193 g/mol. The van der Waals surface area contributed by atoms with Crippen LogP contribution < -0.4 is 24.5 Å². The van der Waals surface area contributed by atoms with Gasteiger partial charge in [0.1, 0.15) is 7.91 Å². The molecule has 0 radical (unpaired) electrons. The summed E-state index contributed by atoms with van der Waals surface area (Å²) < 4.78 is 27.1. The zero-order chi connectivity index (χ0) is 9.00. The number of rotatable bonds is 0. The molecule has 64 valence electrons. The quantitative estimate of drug-likeness (QED) is 0.355. The van der Waals surface area contributed by atoms with E-state index in [0.29, 0.717) is 0 Å². The van der Waals surface area contributed by atoms with Crippen LogP contribution in [0.25, 0.3) is 0 Å². The lowest BCUT2D eigenvalue weighted by molar-refractivity contribution is -0.432. The molecule has 10 heavy (non-hydrogen) atoms. The van der Waals surface area contributed by atoms with Crippen LogP contribution in [0, 0.1) is 0 Å². The van der Waals surface area contributed by atoms with Crippen LogP contribution in [-0.4, -0.2) is 0 Å². The third-order valence-corrected chi connectivity index (χ3v) is 0. The molecule has 0 rings (SSSR count). The second-order valence-corrected chi connectivity index (χ2v) is 2.63. The van der Waals surface area contributed by atoms with Crippen molar-refractivity contribution in [2.24, 2.45) is 0 Å². The molecule has 0 N–H and O–H groups in total. The minimum Gasteiger partial charge on any atom is -0.822 e. The molecule has 0 spiro atoms. The van der Waals surface area contributed by atoms with Crippen molar-refractivity contribution in [3.63, 3.8) is 0 Å². The first-order valence-electron chi connectivity index (χ1n) is 1.45. The molecule has 0 aliphatic rings. The van der Waals surface area contributed by atoms with Crippen molar-refractivity contribution in [2.45, 2.75) is 0 Å². The first-order chi connectivity index (χ1) is 4.00. The van der Waals surface area contributed by atoms with Crippen LogP contribution in [0.15, 0.2) is 0 Å². The molecule has 0 aliphatic heterocycles. The zero-order valence-corrected chi connectivity index (χ0v) is 5.92. The Morgan fingerprint density at radius 3 is 0.900 bits per heavy atom. The van der Waals surface area contributed by atoms with Crippen molar-refractivity contribution in [3.05, 3.63) is 0 Å². The van der Waals surface area contributed by atoms with Gasteiger partial charge >= 0.3 is 0 Å². The minimum atomic E-state index is -5.64. The summed E-state index contributed by atoms with van der Waals surface area (Å²) in [6.07, 6.45) is 0. The summed E-state index contributed by atoms with van der Waals surface area (Å²) in [7, 11) is -11.0. The number of hydrogen-bond acceptors (Lipinski definition) is 7. The van der Waals surface area contributed by atoms with Crippen LogP contribution in [0.4, 0.5) is 4.20 Å². The van der Waals surface area contributed by atoms with Crippen LogP contribution in [0.3, 0.4) is 0 Å². The molecule has 0 fully saturated rings. The highest BCUT2D eigenvalue weighted by Gasteiger charge is 1.69. The summed E-state index contributed by atoms with van der Waals surface area (Å²) in [5, 5.41) is 0. The van der Waals surface area contributed by atoms with Gasteiger partial charge in [0.2, 0.25) is 0 Å². The third-order valence-electron chi connectivity index (χ3n) is 0. The fourth-order valence-corrected chi connectivity index (χ4v) is 0. The maximum Gasteiger partial charge on any atom is 0.110 e. The van der Waals surface area contributed by atoms with Crippen molar-refractivity contribution in [2.75, 3.05) is 0 Å². The standard InChI is InChI=1S/FH2O3P.H3O4P/c2*1-5(2,3)4/h(H2,2,3,4);(H3,1,2,3,4)/p-5. The monoisotopic (exact) mass is 193 g/mol. The van der Waals surface area contributed by atoms with Crippen LogP contribution in [-0.2, 0) is 9.13 Å². The highest BCUT2D eigenvalue weighted by Crippen LogP contribution is 2.22. The van der Waals surface area contributed by atoms with Gasteiger partial charge in [-0.1, -0.05) is 0 Å². The van der Waals surface area contributed by atoms with Crippen molar-refractivity contribution in [1.82, 2.24) is 0 Å². The van der Waals surface area contributed by atoms with E-state index >= 15 is 0 Å². The Labute approximate surface area is 54.7 Å². The molecule has 0 bridgehead atoms. The van der Waals surface area contributed by atoms with E-state index in [1.807, 2.05) is 0 Å². The normalized spacial score (nSPS) is 11.8. The average molecular weight is 193 g/mol. The predicted molar refractivity (Wildman–Crippen MR) is 16.3 cm³/mol. The van der Waals surface area contributed by atoms with Crippen molar-refractivity contribution >= 4 is 15.7 Å². The van der Waals surface area contributed by atoms with E-state index in [-0.39, 0.29) is 0 Å². The van der Waals surface area contributed by atoms with Crippen LogP contribution >= 0.6 is 15.7 Å². The predicted octanol–water partition coefficient (Wildman–Crippen LogP) is -4.04. The lowest BCUT2D eigenvalue weighted by Crippen LogP contribution is -2.24. The number of halogens is 1. The summed E-state index contributed by atoms with van der Waals surface area (Å²) in [6.45, 7) is 0. The van der Waals surface area contributed by atoms with E-state index in [9.17, 15) is 4.20 Å². The first kappa shape index (κ1) is 12.8. The van der Waals surface area contributed by atoms with E-state index in [1.165, 1.54) is 0 Å². The van der Waals surface area contributed by atoms with Gasteiger partial charge in [-0.3, -0.25) is 0 Å².